The second kappa shape index (κ2) is 11.8. The lowest BCUT2D eigenvalue weighted by atomic mass is 9.86. The van der Waals surface area contributed by atoms with Crippen molar-refractivity contribution in [3.8, 4) is 0 Å². The van der Waals surface area contributed by atoms with E-state index < -0.39 is 11.7 Å². The summed E-state index contributed by atoms with van der Waals surface area (Å²) < 4.78 is 38.5. The minimum Gasteiger partial charge on any atom is -0.398 e. The lowest BCUT2D eigenvalue weighted by Crippen LogP contribution is -2.32. The van der Waals surface area contributed by atoms with Gasteiger partial charge in [0.1, 0.15) is 5.82 Å². The second-order valence-corrected chi connectivity index (χ2v) is 9.93. The number of halogens is 3. The molecule has 1 aromatic heterocycles. The predicted octanol–water partition coefficient (Wildman–Crippen LogP) is 5.29. The minimum atomic E-state index is -4.39. The maximum absolute atomic E-state index is 12.8. The molecule has 1 saturated carbocycles. The number of benzene rings is 2. The number of alkyl halides is 3. The topological polar surface area (TPSA) is 103 Å². The Labute approximate surface area is 220 Å². The van der Waals surface area contributed by atoms with Crippen LogP contribution in [0.4, 0.5) is 24.9 Å². The van der Waals surface area contributed by atoms with Gasteiger partial charge in [-0.25, -0.2) is 4.98 Å². The molecule has 3 aromatic rings. The first-order valence-electron chi connectivity index (χ1n) is 12.7. The molecular weight excluding hydrogens is 491 g/mol. The van der Waals surface area contributed by atoms with Crippen molar-refractivity contribution in [1.82, 2.24) is 15.3 Å². The van der Waals surface area contributed by atoms with Gasteiger partial charge >= 0.3 is 6.18 Å². The Bertz CT molecular complexity index is 1280. The summed E-state index contributed by atoms with van der Waals surface area (Å²) in [7, 11) is 3.96. The number of nitrogens with one attached hydrogen (secondary N) is 3. The molecular formula is C28H34F3N7. The van der Waals surface area contributed by atoms with Crippen LogP contribution in [-0.4, -0.2) is 49.4 Å². The SMILES string of the molecule is CN(C)c1nc(NC2CCC(CNCC(C=N)=C(N)c3ccc(C(F)(F)F)cc3)CC2)nc2ccccc12. The minimum absolute atomic E-state index is 0.301. The molecule has 1 fully saturated rings. The van der Waals surface area contributed by atoms with E-state index in [1.54, 1.807) is 0 Å². The molecule has 4 rings (SSSR count). The zero-order chi connectivity index (χ0) is 27.3. The molecule has 1 aliphatic carbocycles. The average Bonchev–Trinajstić information content (AvgIpc) is 2.91. The number of para-hydroxylation sites is 1. The fourth-order valence-electron chi connectivity index (χ4n) is 4.82. The fraction of sp³-hybridized carbons (Fsp3) is 0.393. The van der Waals surface area contributed by atoms with E-state index in [2.05, 4.69) is 10.6 Å². The normalized spacial score (nSPS) is 18.7. The van der Waals surface area contributed by atoms with Crippen LogP contribution >= 0.6 is 0 Å². The Balaban J connectivity index is 1.29. The van der Waals surface area contributed by atoms with Gasteiger partial charge in [-0.05, 0) is 68.0 Å². The Kier molecular flexibility index (Phi) is 8.51. The van der Waals surface area contributed by atoms with Crippen LogP contribution < -0.4 is 21.3 Å². The van der Waals surface area contributed by atoms with Crippen molar-refractivity contribution in [1.29, 1.82) is 5.41 Å². The number of hydrogen-bond acceptors (Lipinski definition) is 7. The zero-order valence-corrected chi connectivity index (χ0v) is 21.6. The lowest BCUT2D eigenvalue weighted by molar-refractivity contribution is -0.137. The van der Waals surface area contributed by atoms with E-state index >= 15 is 0 Å². The number of aromatic nitrogens is 2. The third-order valence-corrected chi connectivity index (χ3v) is 6.98. The Morgan fingerprint density at radius 2 is 1.74 bits per heavy atom. The molecule has 0 amide bonds. The highest BCUT2D eigenvalue weighted by Gasteiger charge is 2.30. The van der Waals surface area contributed by atoms with Gasteiger partial charge < -0.3 is 26.7 Å². The van der Waals surface area contributed by atoms with E-state index in [-0.39, 0.29) is 0 Å². The van der Waals surface area contributed by atoms with Crippen molar-refractivity contribution in [3.05, 3.63) is 65.2 Å². The first-order valence-corrected chi connectivity index (χ1v) is 12.7. The van der Waals surface area contributed by atoms with Gasteiger partial charge in [0, 0.05) is 49.6 Å². The third kappa shape index (κ3) is 6.61. The summed E-state index contributed by atoms with van der Waals surface area (Å²) in [5, 5.41) is 15.6. The van der Waals surface area contributed by atoms with Crippen molar-refractivity contribution >= 4 is 34.6 Å². The average molecular weight is 526 g/mol. The fourth-order valence-corrected chi connectivity index (χ4v) is 4.82. The van der Waals surface area contributed by atoms with Crippen LogP contribution in [0.15, 0.2) is 54.1 Å². The van der Waals surface area contributed by atoms with Gasteiger partial charge in [0.2, 0.25) is 5.95 Å². The molecule has 0 saturated heterocycles. The number of rotatable bonds is 9. The monoisotopic (exact) mass is 525 g/mol. The molecule has 1 aliphatic rings. The van der Waals surface area contributed by atoms with Gasteiger partial charge in [0.05, 0.1) is 11.1 Å². The zero-order valence-electron chi connectivity index (χ0n) is 21.6. The number of nitrogens with zero attached hydrogens (tertiary/aromatic N) is 3. The van der Waals surface area contributed by atoms with E-state index in [1.807, 2.05) is 43.3 Å². The van der Waals surface area contributed by atoms with Crippen molar-refractivity contribution in [3.63, 3.8) is 0 Å². The van der Waals surface area contributed by atoms with Crippen LogP contribution in [0.2, 0.25) is 0 Å². The molecule has 0 atom stereocenters. The highest BCUT2D eigenvalue weighted by molar-refractivity contribution is 5.90. The standard InChI is InChI=1S/C28H34F3N7/c1-38(2)26-23-5-3-4-6-24(23)36-27(37-26)35-22-13-7-18(8-14-22)16-34-17-20(15-32)25(33)19-9-11-21(12-10-19)28(29,30)31/h3-6,9-12,15,18,22,32,34H,7-8,13-14,16-17,33H2,1-2H3,(H,35,36,37). The summed E-state index contributed by atoms with van der Waals surface area (Å²) in [6.07, 6.45) is 0.844. The summed E-state index contributed by atoms with van der Waals surface area (Å²) in [6, 6.07) is 13.0. The molecule has 0 spiro atoms. The molecule has 7 nitrogen and oxygen atoms in total. The summed E-state index contributed by atoms with van der Waals surface area (Å²) in [5.74, 6) is 2.03. The molecule has 2 aromatic carbocycles. The van der Waals surface area contributed by atoms with Gasteiger partial charge in [-0.3, -0.25) is 0 Å². The molecule has 10 heteroatoms. The molecule has 38 heavy (non-hydrogen) atoms. The second-order valence-electron chi connectivity index (χ2n) is 9.93. The number of nitrogens with two attached hydrogens (primary N) is 1. The van der Waals surface area contributed by atoms with Crippen molar-refractivity contribution in [2.75, 3.05) is 37.4 Å². The van der Waals surface area contributed by atoms with E-state index in [0.29, 0.717) is 41.3 Å². The van der Waals surface area contributed by atoms with Gasteiger partial charge in [0.25, 0.3) is 0 Å². The van der Waals surface area contributed by atoms with E-state index in [4.69, 9.17) is 21.1 Å². The maximum atomic E-state index is 12.8. The molecule has 0 unspecified atom stereocenters. The third-order valence-electron chi connectivity index (χ3n) is 6.98. The highest BCUT2D eigenvalue weighted by atomic mass is 19.4. The Morgan fingerprint density at radius 1 is 1.05 bits per heavy atom. The molecule has 202 valence electrons. The van der Waals surface area contributed by atoms with E-state index in [9.17, 15) is 13.2 Å². The molecule has 0 bridgehead atoms. The largest absolute Gasteiger partial charge is 0.416 e. The van der Waals surface area contributed by atoms with E-state index in [0.717, 1.165) is 67.3 Å². The van der Waals surface area contributed by atoms with Crippen LogP contribution in [0.3, 0.4) is 0 Å². The van der Waals surface area contributed by atoms with Crippen LogP contribution in [0.1, 0.15) is 36.8 Å². The predicted molar refractivity (Wildman–Crippen MR) is 147 cm³/mol. The van der Waals surface area contributed by atoms with Gasteiger partial charge in [0.15, 0.2) is 0 Å². The number of anilines is 2. The maximum Gasteiger partial charge on any atom is 0.416 e. The van der Waals surface area contributed by atoms with E-state index in [1.165, 1.54) is 12.1 Å². The number of hydrogen-bond donors (Lipinski definition) is 4. The van der Waals surface area contributed by atoms with Crippen LogP contribution in [0, 0.1) is 11.3 Å². The Morgan fingerprint density at radius 3 is 2.37 bits per heavy atom. The smallest absolute Gasteiger partial charge is 0.398 e. The Hall–Kier alpha value is -3.66. The van der Waals surface area contributed by atoms with Gasteiger partial charge in [-0.2, -0.15) is 18.2 Å². The number of fused-ring (bicyclic) bond motifs is 1. The molecule has 1 heterocycles. The van der Waals surface area contributed by atoms with Gasteiger partial charge in [-0.15, -0.1) is 0 Å². The first kappa shape index (κ1) is 27.4. The van der Waals surface area contributed by atoms with Crippen molar-refractivity contribution in [2.45, 2.75) is 37.9 Å². The van der Waals surface area contributed by atoms with Crippen LogP contribution in [0.25, 0.3) is 16.6 Å². The summed E-state index contributed by atoms with van der Waals surface area (Å²) in [5.41, 5.74) is 7.68. The van der Waals surface area contributed by atoms with Crippen molar-refractivity contribution in [2.24, 2.45) is 11.7 Å². The molecule has 5 N–H and O–H groups in total. The highest BCUT2D eigenvalue weighted by Crippen LogP contribution is 2.30. The van der Waals surface area contributed by atoms with Crippen molar-refractivity contribution < 1.29 is 13.2 Å². The van der Waals surface area contributed by atoms with Crippen LogP contribution in [0.5, 0.6) is 0 Å². The van der Waals surface area contributed by atoms with Crippen LogP contribution in [-0.2, 0) is 6.18 Å². The molecule has 0 aliphatic heterocycles. The first-order chi connectivity index (χ1) is 18.2. The van der Waals surface area contributed by atoms with Gasteiger partial charge in [-0.1, -0.05) is 24.3 Å². The summed E-state index contributed by atoms with van der Waals surface area (Å²) in [4.78, 5) is 11.5. The summed E-state index contributed by atoms with van der Waals surface area (Å²) >= 11 is 0. The quantitative estimate of drug-likeness (QED) is 0.283. The molecule has 0 radical (unpaired) electrons. The lowest BCUT2D eigenvalue weighted by Gasteiger charge is -2.29. The summed E-state index contributed by atoms with van der Waals surface area (Å²) in [6.45, 7) is 1.16.